The molecule has 0 amide bonds. The van der Waals surface area contributed by atoms with E-state index in [9.17, 15) is 4.79 Å². The Morgan fingerprint density at radius 3 is 2.81 bits per heavy atom. The van der Waals surface area contributed by atoms with E-state index in [2.05, 4.69) is 26.9 Å². The van der Waals surface area contributed by atoms with Gasteiger partial charge in [-0.2, -0.15) is 0 Å². The van der Waals surface area contributed by atoms with E-state index in [0.717, 1.165) is 0 Å². The molecule has 16 heavy (non-hydrogen) atoms. The van der Waals surface area contributed by atoms with E-state index in [0.29, 0.717) is 24.4 Å². The molecule has 0 radical (unpaired) electrons. The zero-order valence-corrected chi connectivity index (χ0v) is 9.55. The highest BCUT2D eigenvalue weighted by molar-refractivity contribution is 6.27. The number of hydrogen-bond donors (Lipinski definition) is 1. The number of aliphatic imine (C=N–C) groups is 3. The van der Waals surface area contributed by atoms with Gasteiger partial charge < -0.3 is 5.32 Å². The van der Waals surface area contributed by atoms with Crippen molar-refractivity contribution in [3.05, 3.63) is 24.7 Å². The zero-order chi connectivity index (χ0) is 12.2. The van der Waals surface area contributed by atoms with E-state index in [-0.39, 0.29) is 0 Å². The predicted octanol–water partition coefficient (Wildman–Crippen LogP) is 1.34. The molecule has 0 aromatic rings. The van der Waals surface area contributed by atoms with Crippen molar-refractivity contribution in [3.63, 3.8) is 0 Å². The van der Waals surface area contributed by atoms with Crippen LogP contribution in [0.25, 0.3) is 0 Å². The summed E-state index contributed by atoms with van der Waals surface area (Å²) in [4.78, 5) is 22.1. The normalized spacial score (nSPS) is 13.4. The molecule has 1 N–H and O–H groups in total. The van der Waals surface area contributed by atoms with Gasteiger partial charge in [0.15, 0.2) is 6.29 Å². The van der Waals surface area contributed by atoms with Crippen molar-refractivity contribution in [2.45, 2.75) is 13.8 Å². The first-order valence-corrected chi connectivity index (χ1v) is 4.79. The summed E-state index contributed by atoms with van der Waals surface area (Å²) >= 11 is 0. The Balaban J connectivity index is 4.64. The van der Waals surface area contributed by atoms with Crippen molar-refractivity contribution < 1.29 is 4.79 Å². The van der Waals surface area contributed by atoms with Gasteiger partial charge in [0.25, 0.3) is 0 Å². The van der Waals surface area contributed by atoms with Crippen molar-refractivity contribution in [3.8, 4) is 0 Å². The third-order valence-electron chi connectivity index (χ3n) is 1.40. The first-order chi connectivity index (χ1) is 7.74. The Labute approximate surface area is 95.4 Å². The molecule has 0 aromatic heterocycles. The average Bonchev–Trinajstić information content (AvgIpc) is 2.31. The van der Waals surface area contributed by atoms with Gasteiger partial charge in [0.2, 0.25) is 0 Å². The fraction of sp³-hybridized carbons (Fsp3) is 0.273. The fourth-order valence-electron chi connectivity index (χ4n) is 0.657. The van der Waals surface area contributed by atoms with Crippen LogP contribution in [-0.2, 0) is 4.79 Å². The van der Waals surface area contributed by atoms with E-state index < -0.39 is 0 Å². The third kappa shape index (κ3) is 7.37. The topological polar surface area (TPSA) is 66.2 Å². The Kier molecular flexibility index (Phi) is 8.30. The molecule has 0 unspecified atom stereocenters. The second kappa shape index (κ2) is 9.51. The first kappa shape index (κ1) is 14.0. The van der Waals surface area contributed by atoms with E-state index in [1.54, 1.807) is 26.1 Å². The molecule has 5 nitrogen and oxygen atoms in total. The lowest BCUT2D eigenvalue weighted by Gasteiger charge is -2.00. The molecule has 0 saturated heterocycles. The quantitative estimate of drug-likeness (QED) is 0.304. The fourth-order valence-corrected chi connectivity index (χ4v) is 0.657. The molecule has 0 aromatic carbocycles. The molecule has 5 heteroatoms. The van der Waals surface area contributed by atoms with Gasteiger partial charge >= 0.3 is 0 Å². The van der Waals surface area contributed by atoms with Crippen molar-refractivity contribution in [2.75, 3.05) is 6.54 Å². The molecule has 0 aliphatic carbocycles. The Bertz CT molecular complexity index is 340. The molecule has 0 saturated carbocycles. The molecule has 0 bridgehead atoms. The van der Waals surface area contributed by atoms with Gasteiger partial charge in [0, 0.05) is 12.8 Å². The summed E-state index contributed by atoms with van der Waals surface area (Å²) < 4.78 is 0. The van der Waals surface area contributed by atoms with Crippen LogP contribution < -0.4 is 5.32 Å². The number of carbonyl (C=O) groups is 1. The second-order valence-corrected chi connectivity index (χ2v) is 2.72. The highest BCUT2D eigenvalue weighted by Gasteiger charge is 1.90. The number of aldehydes is 1. The molecule has 0 aliphatic heterocycles. The van der Waals surface area contributed by atoms with Gasteiger partial charge in [-0.3, -0.25) is 9.79 Å². The Morgan fingerprint density at radius 2 is 2.25 bits per heavy atom. The lowest BCUT2D eigenvalue weighted by Crippen LogP contribution is -2.11. The minimum Gasteiger partial charge on any atom is -0.365 e. The number of hydrogen-bond acceptors (Lipinski definition) is 4. The summed E-state index contributed by atoms with van der Waals surface area (Å²) in [6.45, 7) is 7.55. The zero-order valence-electron chi connectivity index (χ0n) is 9.55. The lowest BCUT2D eigenvalue weighted by molar-refractivity contribution is -0.102. The SMILES string of the molecule is C=CCNC(=C\N=C(/C)C=O)/N=C\N=C\C. The van der Waals surface area contributed by atoms with Crippen LogP contribution in [0.3, 0.4) is 0 Å². The maximum Gasteiger partial charge on any atom is 0.163 e. The Morgan fingerprint density at radius 1 is 1.50 bits per heavy atom. The molecule has 0 aliphatic rings. The summed E-state index contributed by atoms with van der Waals surface area (Å²) in [7, 11) is 0. The van der Waals surface area contributed by atoms with Crippen LogP contribution in [0.2, 0.25) is 0 Å². The van der Waals surface area contributed by atoms with Crippen LogP contribution in [-0.4, -0.2) is 31.1 Å². The van der Waals surface area contributed by atoms with Gasteiger partial charge in [-0.1, -0.05) is 6.08 Å². The maximum atomic E-state index is 10.3. The minimum absolute atomic E-state index is 0.382. The van der Waals surface area contributed by atoms with Gasteiger partial charge in [0.1, 0.15) is 12.2 Å². The number of rotatable bonds is 7. The lowest BCUT2D eigenvalue weighted by atomic mass is 10.5. The summed E-state index contributed by atoms with van der Waals surface area (Å²) in [5, 5.41) is 2.96. The van der Waals surface area contributed by atoms with Gasteiger partial charge in [-0.05, 0) is 13.8 Å². The van der Waals surface area contributed by atoms with Crippen LogP contribution in [0.15, 0.2) is 39.7 Å². The van der Waals surface area contributed by atoms with Gasteiger partial charge in [0.05, 0.1) is 11.9 Å². The standard InChI is InChI=1S/C11H16N4O/c1-4-6-13-11(15-9-12-5-2)7-14-10(3)8-16/h4-5,7-9,13H,1,6H2,2-3H3/b11-7+,12-5+,14-10+,15-9-. The number of nitrogens with one attached hydrogen (secondary N) is 1. The second-order valence-electron chi connectivity index (χ2n) is 2.72. The van der Waals surface area contributed by atoms with Crippen LogP contribution in [0, 0.1) is 0 Å². The minimum atomic E-state index is 0.382. The van der Waals surface area contributed by atoms with Gasteiger partial charge in [-0.25, -0.2) is 9.98 Å². The molecule has 0 heterocycles. The van der Waals surface area contributed by atoms with Crippen LogP contribution >= 0.6 is 0 Å². The van der Waals surface area contributed by atoms with E-state index >= 15 is 0 Å². The molecule has 0 atom stereocenters. The summed E-state index contributed by atoms with van der Waals surface area (Å²) in [5.74, 6) is 0.520. The van der Waals surface area contributed by atoms with E-state index in [1.807, 2.05) is 0 Å². The van der Waals surface area contributed by atoms with Crippen molar-refractivity contribution in [1.82, 2.24) is 5.32 Å². The average molecular weight is 220 g/mol. The van der Waals surface area contributed by atoms with Crippen LogP contribution in [0.1, 0.15) is 13.8 Å². The molecular formula is C11H16N4O. The Hall–Kier alpha value is -2.04. The number of nitrogens with zero attached hydrogens (tertiary/aromatic N) is 3. The van der Waals surface area contributed by atoms with Crippen molar-refractivity contribution >= 4 is 24.6 Å². The molecule has 0 rings (SSSR count). The largest absolute Gasteiger partial charge is 0.365 e. The van der Waals surface area contributed by atoms with Crippen molar-refractivity contribution in [1.29, 1.82) is 0 Å². The molecule has 0 spiro atoms. The smallest absolute Gasteiger partial charge is 0.163 e. The number of carbonyl (C=O) groups excluding carboxylic acids is 1. The molecule has 0 fully saturated rings. The summed E-state index contributed by atoms with van der Waals surface area (Å²) in [6.07, 6.45) is 6.86. The van der Waals surface area contributed by atoms with Gasteiger partial charge in [-0.15, -0.1) is 6.58 Å². The molecular weight excluding hydrogens is 204 g/mol. The highest BCUT2D eigenvalue weighted by atomic mass is 16.1. The van der Waals surface area contributed by atoms with Crippen molar-refractivity contribution in [2.24, 2.45) is 15.0 Å². The monoisotopic (exact) mass is 220 g/mol. The maximum absolute atomic E-state index is 10.3. The van der Waals surface area contributed by atoms with Crippen LogP contribution in [0.5, 0.6) is 0 Å². The van der Waals surface area contributed by atoms with E-state index in [4.69, 9.17) is 0 Å². The predicted molar refractivity (Wildman–Crippen MR) is 68.1 cm³/mol. The van der Waals surface area contributed by atoms with Crippen LogP contribution in [0.4, 0.5) is 0 Å². The summed E-state index contributed by atoms with van der Waals surface area (Å²) in [5.41, 5.74) is 0.382. The highest BCUT2D eigenvalue weighted by Crippen LogP contribution is 1.92. The third-order valence-corrected chi connectivity index (χ3v) is 1.40. The summed E-state index contributed by atoms with van der Waals surface area (Å²) in [6, 6.07) is 0. The van der Waals surface area contributed by atoms with E-state index in [1.165, 1.54) is 12.5 Å². The molecule has 86 valence electrons. The first-order valence-electron chi connectivity index (χ1n) is 4.79.